The highest BCUT2D eigenvalue weighted by atomic mass is 16.5. The number of anilines is 1. The number of carboxylic acid groups (broad SMARTS) is 1. The van der Waals surface area contributed by atoms with Gasteiger partial charge in [0.2, 0.25) is 0 Å². The number of carbonyl (C=O) groups is 2. The number of nitrogens with zero attached hydrogens (tertiary/aromatic N) is 1. The first kappa shape index (κ1) is 23.0. The maximum Gasteiger partial charge on any atom is 0.338 e. The third kappa shape index (κ3) is 4.91. The third-order valence-corrected chi connectivity index (χ3v) is 5.64. The number of rotatable bonds is 8. The molecular weight excluding hydrogens is 428 g/mol. The van der Waals surface area contributed by atoms with Gasteiger partial charge in [0, 0.05) is 23.3 Å². The van der Waals surface area contributed by atoms with Crippen molar-refractivity contribution in [2.24, 2.45) is 0 Å². The van der Waals surface area contributed by atoms with E-state index in [-0.39, 0.29) is 11.5 Å². The summed E-state index contributed by atoms with van der Waals surface area (Å²) in [5, 5.41) is 13.8. The van der Waals surface area contributed by atoms with Crippen molar-refractivity contribution < 1.29 is 19.4 Å². The molecule has 0 radical (unpaired) electrons. The summed E-state index contributed by atoms with van der Waals surface area (Å²) < 4.78 is 5.15. The van der Waals surface area contributed by atoms with Gasteiger partial charge in [-0.05, 0) is 60.4 Å². The lowest BCUT2D eigenvalue weighted by atomic mass is 9.98. The lowest BCUT2D eigenvalue weighted by molar-refractivity contribution is 0.0526. The molecular formula is C28H26N2O4. The van der Waals surface area contributed by atoms with Gasteiger partial charge >= 0.3 is 11.9 Å². The van der Waals surface area contributed by atoms with Gasteiger partial charge in [-0.3, -0.25) is 4.98 Å². The van der Waals surface area contributed by atoms with E-state index in [2.05, 4.69) is 17.2 Å². The van der Waals surface area contributed by atoms with Gasteiger partial charge in [-0.15, -0.1) is 0 Å². The highest BCUT2D eigenvalue weighted by Crippen LogP contribution is 2.27. The molecule has 0 saturated carbocycles. The van der Waals surface area contributed by atoms with E-state index in [1.807, 2.05) is 54.6 Å². The summed E-state index contributed by atoms with van der Waals surface area (Å²) in [4.78, 5) is 28.4. The zero-order chi connectivity index (χ0) is 24.1. The summed E-state index contributed by atoms with van der Waals surface area (Å²) in [5.74, 6) is -1.30. The number of aromatic nitrogens is 1. The minimum Gasteiger partial charge on any atom is -0.478 e. The van der Waals surface area contributed by atoms with Crippen LogP contribution in [0.4, 0.5) is 5.69 Å². The molecule has 3 aromatic carbocycles. The first-order valence-electron chi connectivity index (χ1n) is 11.3. The number of aromatic carboxylic acids is 1. The second-order valence-corrected chi connectivity index (χ2v) is 7.87. The van der Waals surface area contributed by atoms with E-state index in [9.17, 15) is 14.7 Å². The number of ether oxygens (including phenoxy) is 1. The predicted octanol–water partition coefficient (Wildman–Crippen LogP) is 5.95. The number of benzene rings is 3. The van der Waals surface area contributed by atoms with Crippen molar-refractivity contribution in [1.82, 2.24) is 4.98 Å². The first-order chi connectivity index (χ1) is 16.5. The maximum absolute atomic E-state index is 12.2. The first-order valence-corrected chi connectivity index (χ1v) is 11.3. The summed E-state index contributed by atoms with van der Waals surface area (Å²) in [6, 6.07) is 22.2. The molecule has 1 aromatic heterocycles. The van der Waals surface area contributed by atoms with Crippen molar-refractivity contribution in [3.8, 4) is 11.1 Å². The highest BCUT2D eigenvalue weighted by molar-refractivity contribution is 5.99. The van der Waals surface area contributed by atoms with Gasteiger partial charge in [0.05, 0.1) is 23.3 Å². The second kappa shape index (κ2) is 10.2. The fourth-order valence-corrected chi connectivity index (χ4v) is 3.87. The second-order valence-electron chi connectivity index (χ2n) is 7.87. The number of aryl methyl sites for hydroxylation is 1. The summed E-state index contributed by atoms with van der Waals surface area (Å²) in [6.45, 7) is 4.72. The normalized spacial score (nSPS) is 10.8. The number of esters is 1. The minimum absolute atomic E-state index is 0.279. The van der Waals surface area contributed by atoms with E-state index in [4.69, 9.17) is 4.74 Å². The number of nitrogens with one attached hydrogen (secondary N) is 1. The molecule has 0 saturated heterocycles. The average Bonchev–Trinajstić information content (AvgIpc) is 2.87. The fraction of sp³-hybridized carbons (Fsp3) is 0.179. The van der Waals surface area contributed by atoms with Gasteiger partial charge in [-0.1, -0.05) is 49.4 Å². The number of carbonyl (C=O) groups excluding carboxylic acids is 1. The van der Waals surface area contributed by atoms with Crippen molar-refractivity contribution in [1.29, 1.82) is 0 Å². The molecule has 0 aliphatic carbocycles. The van der Waals surface area contributed by atoms with Crippen LogP contribution in [-0.2, 0) is 17.7 Å². The molecule has 0 spiro atoms. The Labute approximate surface area is 198 Å². The summed E-state index contributed by atoms with van der Waals surface area (Å²) in [7, 11) is 0. The van der Waals surface area contributed by atoms with E-state index in [0.717, 1.165) is 39.8 Å². The fourth-order valence-electron chi connectivity index (χ4n) is 3.87. The quantitative estimate of drug-likeness (QED) is 0.320. The number of hydrogen-bond acceptors (Lipinski definition) is 5. The Hall–Kier alpha value is -4.19. The molecule has 0 fully saturated rings. The predicted molar refractivity (Wildman–Crippen MR) is 133 cm³/mol. The minimum atomic E-state index is -0.945. The van der Waals surface area contributed by atoms with Crippen LogP contribution in [0.5, 0.6) is 0 Å². The Morgan fingerprint density at radius 3 is 2.44 bits per heavy atom. The smallest absolute Gasteiger partial charge is 0.338 e. The van der Waals surface area contributed by atoms with Crippen LogP contribution in [0.1, 0.15) is 45.8 Å². The van der Waals surface area contributed by atoms with E-state index in [1.54, 1.807) is 25.1 Å². The molecule has 0 amide bonds. The van der Waals surface area contributed by atoms with Crippen LogP contribution in [-0.4, -0.2) is 28.6 Å². The Balaban J connectivity index is 1.60. The average molecular weight is 455 g/mol. The SMILES string of the molecule is CCOC(=O)c1ccc2nc(CC)cc(NCc3ccc(-c4ccccc4C(=O)O)cc3)c2c1. The van der Waals surface area contributed by atoms with Crippen LogP contribution in [0.3, 0.4) is 0 Å². The molecule has 4 rings (SSSR count). The number of hydrogen-bond donors (Lipinski definition) is 2. The van der Waals surface area contributed by atoms with Gasteiger partial charge in [0.15, 0.2) is 0 Å². The van der Waals surface area contributed by atoms with E-state index >= 15 is 0 Å². The van der Waals surface area contributed by atoms with Crippen molar-refractivity contribution in [2.45, 2.75) is 26.8 Å². The molecule has 6 nitrogen and oxygen atoms in total. The molecule has 2 N–H and O–H groups in total. The van der Waals surface area contributed by atoms with Crippen LogP contribution in [0, 0.1) is 0 Å². The van der Waals surface area contributed by atoms with Crippen LogP contribution in [0.15, 0.2) is 72.8 Å². The zero-order valence-electron chi connectivity index (χ0n) is 19.2. The monoisotopic (exact) mass is 454 g/mol. The van der Waals surface area contributed by atoms with Gasteiger partial charge in [0.1, 0.15) is 0 Å². The van der Waals surface area contributed by atoms with Crippen molar-refractivity contribution in [2.75, 3.05) is 11.9 Å². The third-order valence-electron chi connectivity index (χ3n) is 5.64. The molecule has 0 unspecified atom stereocenters. The summed E-state index contributed by atoms with van der Waals surface area (Å²) >= 11 is 0. The van der Waals surface area contributed by atoms with E-state index < -0.39 is 5.97 Å². The molecule has 172 valence electrons. The molecule has 34 heavy (non-hydrogen) atoms. The molecule has 0 atom stereocenters. The van der Waals surface area contributed by atoms with Crippen molar-refractivity contribution in [3.05, 3.63) is 95.2 Å². The molecule has 0 bridgehead atoms. The molecule has 0 aliphatic heterocycles. The van der Waals surface area contributed by atoms with E-state index in [1.165, 1.54) is 0 Å². The van der Waals surface area contributed by atoms with Crippen molar-refractivity contribution >= 4 is 28.5 Å². The van der Waals surface area contributed by atoms with Crippen LogP contribution in [0.25, 0.3) is 22.0 Å². The Morgan fingerprint density at radius 2 is 1.74 bits per heavy atom. The Kier molecular flexibility index (Phi) is 6.87. The van der Waals surface area contributed by atoms with Gasteiger partial charge in [-0.25, -0.2) is 9.59 Å². The van der Waals surface area contributed by atoms with Gasteiger partial charge in [-0.2, -0.15) is 0 Å². The topological polar surface area (TPSA) is 88.5 Å². The largest absolute Gasteiger partial charge is 0.478 e. The number of fused-ring (bicyclic) bond motifs is 1. The highest BCUT2D eigenvalue weighted by Gasteiger charge is 2.13. The van der Waals surface area contributed by atoms with Crippen LogP contribution < -0.4 is 5.32 Å². The molecule has 6 heteroatoms. The zero-order valence-corrected chi connectivity index (χ0v) is 19.2. The van der Waals surface area contributed by atoms with Gasteiger partial charge < -0.3 is 15.2 Å². The lowest BCUT2D eigenvalue weighted by Gasteiger charge is -2.13. The molecule has 4 aromatic rings. The number of carboxylic acids is 1. The maximum atomic E-state index is 12.2. The van der Waals surface area contributed by atoms with E-state index in [0.29, 0.717) is 24.3 Å². The Morgan fingerprint density at radius 1 is 0.971 bits per heavy atom. The Bertz CT molecular complexity index is 1350. The van der Waals surface area contributed by atoms with Crippen LogP contribution in [0.2, 0.25) is 0 Å². The molecule has 1 heterocycles. The van der Waals surface area contributed by atoms with Gasteiger partial charge in [0.25, 0.3) is 0 Å². The standard InChI is InChI=1S/C28H26N2O4/c1-3-21-16-26(24-15-20(28(33)34-4-2)13-14-25(24)30-21)29-17-18-9-11-19(12-10-18)22-7-5-6-8-23(22)27(31)32/h5-16H,3-4,17H2,1-2H3,(H,29,30)(H,31,32). The summed E-state index contributed by atoms with van der Waals surface area (Å²) in [6.07, 6.45) is 0.794. The van der Waals surface area contributed by atoms with Crippen LogP contribution >= 0.6 is 0 Å². The lowest BCUT2D eigenvalue weighted by Crippen LogP contribution is -2.06. The summed E-state index contributed by atoms with van der Waals surface area (Å²) in [5.41, 5.74) is 6.02. The number of pyridine rings is 1. The molecule has 0 aliphatic rings. The van der Waals surface area contributed by atoms with Crippen molar-refractivity contribution in [3.63, 3.8) is 0 Å².